The topological polar surface area (TPSA) is 64.0 Å². The maximum absolute atomic E-state index is 11.7. The van der Waals surface area contributed by atoms with Crippen LogP contribution in [0.2, 0.25) is 0 Å². The molecule has 0 saturated heterocycles. The number of aromatic nitrogens is 2. The van der Waals surface area contributed by atoms with Crippen LogP contribution in [0, 0.1) is 0 Å². The molecular weight excluding hydrogens is 226 g/mol. The molecule has 5 nitrogen and oxygen atoms in total. The Morgan fingerprint density at radius 1 is 1.56 bits per heavy atom. The van der Waals surface area contributed by atoms with Gasteiger partial charge in [0.1, 0.15) is 0 Å². The number of aryl methyl sites for hydroxylation is 1. The van der Waals surface area contributed by atoms with Crippen molar-refractivity contribution in [3.05, 3.63) is 45.8 Å². The average molecular weight is 235 g/mol. The molecule has 82 valence electrons. The third kappa shape index (κ3) is 2.17. The summed E-state index contributed by atoms with van der Waals surface area (Å²) in [5.74, 6) is -0.326. The van der Waals surface area contributed by atoms with E-state index in [0.717, 1.165) is 0 Å². The quantitative estimate of drug-likeness (QED) is 0.847. The second kappa shape index (κ2) is 4.28. The molecule has 0 spiro atoms. The van der Waals surface area contributed by atoms with Crippen LogP contribution in [0.3, 0.4) is 0 Å². The molecule has 0 aliphatic heterocycles. The highest BCUT2D eigenvalue weighted by atomic mass is 32.1. The minimum Gasteiger partial charge on any atom is -0.319 e. The second-order valence-corrected chi connectivity index (χ2v) is 4.05. The van der Waals surface area contributed by atoms with Gasteiger partial charge >= 0.3 is 0 Å². The van der Waals surface area contributed by atoms with Crippen molar-refractivity contribution in [3.8, 4) is 0 Å². The first-order chi connectivity index (χ1) is 7.66. The van der Waals surface area contributed by atoms with Gasteiger partial charge in [0, 0.05) is 36.5 Å². The molecule has 2 aromatic rings. The van der Waals surface area contributed by atoms with Crippen molar-refractivity contribution in [1.29, 1.82) is 0 Å². The summed E-state index contributed by atoms with van der Waals surface area (Å²) < 4.78 is 1.40. The first-order valence-electron chi connectivity index (χ1n) is 4.54. The van der Waals surface area contributed by atoms with E-state index in [2.05, 4.69) is 10.3 Å². The van der Waals surface area contributed by atoms with Crippen LogP contribution < -0.4 is 10.9 Å². The number of carbonyl (C=O) groups is 1. The number of rotatable bonds is 2. The molecule has 1 amide bonds. The Bertz CT molecular complexity index is 560. The first-order valence-corrected chi connectivity index (χ1v) is 5.42. The van der Waals surface area contributed by atoms with Crippen LogP contribution in [0.4, 0.5) is 5.13 Å². The smallest absolute Gasteiger partial charge is 0.257 e. The summed E-state index contributed by atoms with van der Waals surface area (Å²) in [5.41, 5.74) is 0.116. The number of hydrogen-bond acceptors (Lipinski definition) is 4. The fourth-order valence-electron chi connectivity index (χ4n) is 1.14. The highest BCUT2D eigenvalue weighted by molar-refractivity contribution is 7.13. The van der Waals surface area contributed by atoms with Crippen molar-refractivity contribution < 1.29 is 4.79 Å². The molecule has 0 aromatic carbocycles. The van der Waals surface area contributed by atoms with Gasteiger partial charge in [-0.3, -0.25) is 14.9 Å². The molecule has 0 unspecified atom stereocenters. The lowest BCUT2D eigenvalue weighted by Gasteiger charge is -2.02. The summed E-state index contributed by atoms with van der Waals surface area (Å²) in [6, 6.07) is 2.88. The molecule has 0 aliphatic carbocycles. The largest absolute Gasteiger partial charge is 0.319 e. The number of pyridine rings is 1. The van der Waals surface area contributed by atoms with E-state index in [1.165, 1.54) is 22.0 Å². The Morgan fingerprint density at radius 2 is 2.38 bits per heavy atom. The second-order valence-electron chi connectivity index (χ2n) is 3.16. The van der Waals surface area contributed by atoms with Gasteiger partial charge in [-0.25, -0.2) is 4.98 Å². The van der Waals surface area contributed by atoms with E-state index >= 15 is 0 Å². The van der Waals surface area contributed by atoms with Crippen molar-refractivity contribution >= 4 is 22.4 Å². The van der Waals surface area contributed by atoms with Gasteiger partial charge in [-0.1, -0.05) is 0 Å². The van der Waals surface area contributed by atoms with Crippen LogP contribution in [-0.2, 0) is 7.05 Å². The van der Waals surface area contributed by atoms with Crippen LogP contribution in [0.1, 0.15) is 10.4 Å². The third-order valence-electron chi connectivity index (χ3n) is 2.02. The van der Waals surface area contributed by atoms with Crippen LogP contribution >= 0.6 is 11.3 Å². The van der Waals surface area contributed by atoms with E-state index < -0.39 is 0 Å². The summed E-state index contributed by atoms with van der Waals surface area (Å²) in [4.78, 5) is 26.9. The van der Waals surface area contributed by atoms with Gasteiger partial charge in [0.05, 0.1) is 0 Å². The predicted molar refractivity (Wildman–Crippen MR) is 61.8 cm³/mol. The zero-order chi connectivity index (χ0) is 11.5. The number of nitrogens with one attached hydrogen (secondary N) is 1. The molecule has 0 atom stereocenters. The van der Waals surface area contributed by atoms with E-state index in [4.69, 9.17) is 0 Å². The van der Waals surface area contributed by atoms with Crippen LogP contribution in [0.5, 0.6) is 0 Å². The lowest BCUT2D eigenvalue weighted by atomic mass is 10.2. The SMILES string of the molecule is Cn1ccc(C(=O)Nc2nccs2)cc1=O. The maximum atomic E-state index is 11.7. The average Bonchev–Trinajstić information content (AvgIpc) is 2.74. The van der Waals surface area contributed by atoms with Crippen LogP contribution in [0.25, 0.3) is 0 Å². The van der Waals surface area contributed by atoms with Gasteiger partial charge in [0.15, 0.2) is 5.13 Å². The van der Waals surface area contributed by atoms with E-state index in [0.29, 0.717) is 10.7 Å². The van der Waals surface area contributed by atoms with Gasteiger partial charge in [-0.15, -0.1) is 11.3 Å². The predicted octanol–water partition coefficient (Wildman–Crippen LogP) is 1.09. The third-order valence-corrected chi connectivity index (χ3v) is 2.71. The van der Waals surface area contributed by atoms with Gasteiger partial charge in [-0.2, -0.15) is 0 Å². The monoisotopic (exact) mass is 235 g/mol. The highest BCUT2D eigenvalue weighted by Crippen LogP contribution is 2.11. The van der Waals surface area contributed by atoms with Crippen LogP contribution in [0.15, 0.2) is 34.7 Å². The van der Waals surface area contributed by atoms with Crippen molar-refractivity contribution in [3.63, 3.8) is 0 Å². The molecule has 0 bridgehead atoms. The minimum atomic E-state index is -0.326. The summed E-state index contributed by atoms with van der Waals surface area (Å²) >= 11 is 1.33. The number of anilines is 1. The number of nitrogens with zero attached hydrogens (tertiary/aromatic N) is 2. The number of thiazole rings is 1. The molecule has 0 radical (unpaired) electrons. The molecular formula is C10H9N3O2S. The lowest BCUT2D eigenvalue weighted by molar-refractivity contribution is 0.102. The van der Waals surface area contributed by atoms with Gasteiger partial charge in [0.25, 0.3) is 11.5 Å². The molecule has 2 aromatic heterocycles. The fraction of sp³-hybridized carbons (Fsp3) is 0.100. The molecule has 16 heavy (non-hydrogen) atoms. The zero-order valence-electron chi connectivity index (χ0n) is 8.51. The van der Waals surface area contributed by atoms with Gasteiger partial charge in [-0.05, 0) is 6.07 Å². The number of amides is 1. The zero-order valence-corrected chi connectivity index (χ0v) is 9.32. The Kier molecular flexibility index (Phi) is 2.82. The summed E-state index contributed by atoms with van der Waals surface area (Å²) in [6.45, 7) is 0. The van der Waals surface area contributed by atoms with E-state index in [9.17, 15) is 9.59 Å². The molecule has 2 heterocycles. The Balaban J connectivity index is 2.21. The molecule has 0 saturated carbocycles. The van der Waals surface area contributed by atoms with Crippen molar-refractivity contribution in [2.45, 2.75) is 0 Å². The van der Waals surface area contributed by atoms with E-state index in [-0.39, 0.29) is 11.5 Å². The van der Waals surface area contributed by atoms with E-state index in [1.54, 1.807) is 30.9 Å². The summed E-state index contributed by atoms with van der Waals surface area (Å²) in [7, 11) is 1.63. The van der Waals surface area contributed by atoms with Crippen molar-refractivity contribution in [2.75, 3.05) is 5.32 Å². The summed E-state index contributed by atoms with van der Waals surface area (Å²) in [5, 5.41) is 4.89. The normalized spacial score (nSPS) is 10.1. The molecule has 0 fully saturated rings. The van der Waals surface area contributed by atoms with Crippen molar-refractivity contribution in [2.24, 2.45) is 7.05 Å². The number of carbonyl (C=O) groups excluding carboxylic acids is 1. The molecule has 1 N–H and O–H groups in total. The Hall–Kier alpha value is -1.95. The lowest BCUT2D eigenvalue weighted by Crippen LogP contribution is -2.19. The van der Waals surface area contributed by atoms with Gasteiger partial charge in [0.2, 0.25) is 0 Å². The molecule has 2 rings (SSSR count). The first kappa shape index (κ1) is 10.6. The Morgan fingerprint density at radius 3 is 3.00 bits per heavy atom. The minimum absolute atomic E-state index is 0.216. The standard InChI is InChI=1S/C10H9N3O2S/c1-13-4-2-7(6-8(13)14)9(15)12-10-11-3-5-16-10/h2-6H,1H3,(H,11,12,15). The van der Waals surface area contributed by atoms with Crippen LogP contribution in [-0.4, -0.2) is 15.5 Å². The van der Waals surface area contributed by atoms with Gasteiger partial charge < -0.3 is 4.57 Å². The van der Waals surface area contributed by atoms with Crippen molar-refractivity contribution in [1.82, 2.24) is 9.55 Å². The summed E-state index contributed by atoms with van der Waals surface area (Å²) in [6.07, 6.45) is 3.16. The van der Waals surface area contributed by atoms with E-state index in [1.807, 2.05) is 0 Å². The maximum Gasteiger partial charge on any atom is 0.257 e. The fourth-order valence-corrected chi connectivity index (χ4v) is 1.67. The molecule has 6 heteroatoms. The Labute approximate surface area is 95.4 Å². The highest BCUT2D eigenvalue weighted by Gasteiger charge is 2.08. The molecule has 0 aliphatic rings. The number of hydrogen-bond donors (Lipinski definition) is 1.